The Kier molecular flexibility index (Phi) is 53.1. The number of carbonyl (C=O) groups excluding carboxylic acids is 1. The van der Waals surface area contributed by atoms with Gasteiger partial charge in [-0.15, -0.1) is 0 Å². The van der Waals surface area contributed by atoms with Crippen LogP contribution < -0.4 is 0 Å². The molecule has 498 valence electrons. The normalized spacial score (nSPS) is 23.4. The summed E-state index contributed by atoms with van der Waals surface area (Å²) in [7, 11) is 0. The SMILES string of the molecule is CCCCCCC/C=C\C/C=C\C/C=C\CCCCCCCCCCCCCOCC(COC1OC(COC2OC(CO)C(O)C(O)C2O)C(O)C(O)C1O)OC(=O)CCCCCCCCCCCCCCC/C=C\CCCCCCCCCC. The van der Waals surface area contributed by atoms with Crippen molar-refractivity contribution >= 4 is 5.97 Å². The van der Waals surface area contributed by atoms with Gasteiger partial charge in [-0.2, -0.15) is 0 Å². The highest BCUT2D eigenvalue weighted by molar-refractivity contribution is 5.69. The highest BCUT2D eigenvalue weighted by Gasteiger charge is 2.47. The van der Waals surface area contributed by atoms with Gasteiger partial charge in [0.05, 0.1) is 26.4 Å². The summed E-state index contributed by atoms with van der Waals surface area (Å²) in [6.45, 7) is 3.73. The van der Waals surface area contributed by atoms with E-state index in [1.165, 1.54) is 218 Å². The molecule has 14 nitrogen and oxygen atoms in total. The number of aliphatic hydroxyl groups is 7. The highest BCUT2D eigenvalue weighted by Crippen LogP contribution is 2.27. The van der Waals surface area contributed by atoms with Gasteiger partial charge in [0, 0.05) is 13.0 Å². The Bertz CT molecular complexity index is 1590. The number of esters is 1. The molecule has 0 amide bonds. The lowest BCUT2D eigenvalue weighted by atomic mass is 9.98. The minimum Gasteiger partial charge on any atom is -0.457 e. The van der Waals surface area contributed by atoms with Crippen molar-refractivity contribution in [3.63, 3.8) is 0 Å². The van der Waals surface area contributed by atoms with Crippen LogP contribution in [0, 0.1) is 0 Å². The van der Waals surface area contributed by atoms with E-state index in [1.807, 2.05) is 0 Å². The van der Waals surface area contributed by atoms with Gasteiger partial charge in [0.1, 0.15) is 54.9 Å². The minimum atomic E-state index is -1.71. The molecule has 2 aliphatic heterocycles. The second-order valence-electron chi connectivity index (χ2n) is 24.7. The van der Waals surface area contributed by atoms with Gasteiger partial charge in [0.2, 0.25) is 0 Å². The molecule has 85 heavy (non-hydrogen) atoms. The zero-order valence-electron chi connectivity index (χ0n) is 54.1. The molecule has 2 saturated heterocycles. The Labute approximate surface area is 518 Å². The number of carbonyl (C=O) groups is 1. The maximum absolute atomic E-state index is 13.2. The van der Waals surface area contributed by atoms with Crippen molar-refractivity contribution in [2.45, 2.75) is 364 Å². The van der Waals surface area contributed by atoms with Crippen LogP contribution >= 0.6 is 0 Å². The Morgan fingerprint density at radius 3 is 1.15 bits per heavy atom. The van der Waals surface area contributed by atoms with Gasteiger partial charge in [-0.05, 0) is 77.0 Å². The monoisotopic (exact) mass is 1210 g/mol. The van der Waals surface area contributed by atoms with E-state index in [4.69, 9.17) is 28.4 Å². The quantitative estimate of drug-likeness (QED) is 0.0171. The molecule has 14 heteroatoms. The molecule has 0 aromatic carbocycles. The van der Waals surface area contributed by atoms with Crippen molar-refractivity contribution in [2.75, 3.05) is 33.0 Å². The van der Waals surface area contributed by atoms with E-state index < -0.39 is 80.7 Å². The summed E-state index contributed by atoms with van der Waals surface area (Å²) < 4.78 is 34.6. The molecule has 0 saturated carbocycles. The Morgan fingerprint density at radius 2 is 0.729 bits per heavy atom. The summed E-state index contributed by atoms with van der Waals surface area (Å²) in [6, 6.07) is 0. The minimum absolute atomic E-state index is 0.0610. The summed E-state index contributed by atoms with van der Waals surface area (Å²) in [5.74, 6) is -0.373. The van der Waals surface area contributed by atoms with Gasteiger partial charge < -0.3 is 64.2 Å². The fourth-order valence-electron chi connectivity index (χ4n) is 11.2. The smallest absolute Gasteiger partial charge is 0.306 e. The summed E-state index contributed by atoms with van der Waals surface area (Å²) in [5, 5.41) is 72.6. The fourth-order valence-corrected chi connectivity index (χ4v) is 11.2. The van der Waals surface area contributed by atoms with Crippen LogP contribution in [0.25, 0.3) is 0 Å². The summed E-state index contributed by atoms with van der Waals surface area (Å²) in [4.78, 5) is 13.2. The van der Waals surface area contributed by atoms with Crippen LogP contribution in [0.3, 0.4) is 0 Å². The molecule has 0 aromatic rings. The molecule has 0 bridgehead atoms. The molecule has 0 aromatic heterocycles. The first-order valence-corrected chi connectivity index (χ1v) is 35.2. The molecule has 2 heterocycles. The molecule has 0 aliphatic carbocycles. The number of ether oxygens (including phenoxy) is 6. The Morgan fingerprint density at radius 1 is 0.388 bits per heavy atom. The number of aliphatic hydroxyl groups excluding tert-OH is 7. The Hall–Kier alpha value is -2.05. The van der Waals surface area contributed by atoms with E-state index in [0.717, 1.165) is 51.4 Å². The van der Waals surface area contributed by atoms with E-state index in [2.05, 4.69) is 62.5 Å². The fraction of sp³-hybridized carbons (Fsp3) is 0.873. The molecule has 11 atom stereocenters. The topological polar surface area (TPSA) is 214 Å². The van der Waals surface area contributed by atoms with Crippen molar-refractivity contribution in [2.24, 2.45) is 0 Å². The van der Waals surface area contributed by atoms with Gasteiger partial charge in [-0.3, -0.25) is 4.79 Å². The second kappa shape index (κ2) is 57.1. The van der Waals surface area contributed by atoms with E-state index in [9.17, 15) is 40.5 Å². The molecule has 0 radical (unpaired) electrons. The van der Waals surface area contributed by atoms with Gasteiger partial charge >= 0.3 is 5.97 Å². The van der Waals surface area contributed by atoms with Crippen molar-refractivity contribution in [1.29, 1.82) is 0 Å². The average Bonchev–Trinajstić information content (AvgIpc) is 2.82. The maximum Gasteiger partial charge on any atom is 0.306 e. The van der Waals surface area contributed by atoms with Crippen LogP contribution in [0.15, 0.2) is 48.6 Å². The second-order valence-corrected chi connectivity index (χ2v) is 24.7. The third kappa shape index (κ3) is 42.6. The van der Waals surface area contributed by atoms with Gasteiger partial charge in [0.15, 0.2) is 12.6 Å². The lowest BCUT2D eigenvalue weighted by Crippen LogP contribution is -2.61. The first kappa shape index (κ1) is 79.0. The van der Waals surface area contributed by atoms with Crippen molar-refractivity contribution in [3.05, 3.63) is 48.6 Å². The van der Waals surface area contributed by atoms with Crippen LogP contribution in [0.4, 0.5) is 0 Å². The van der Waals surface area contributed by atoms with E-state index in [1.54, 1.807) is 0 Å². The van der Waals surface area contributed by atoms with Crippen LogP contribution in [0.2, 0.25) is 0 Å². The summed E-state index contributed by atoms with van der Waals surface area (Å²) in [5.41, 5.74) is 0. The molecular weight excluding hydrogens is 1080 g/mol. The van der Waals surface area contributed by atoms with Crippen molar-refractivity contribution in [3.8, 4) is 0 Å². The maximum atomic E-state index is 13.2. The predicted octanol–water partition coefficient (Wildman–Crippen LogP) is 15.0. The van der Waals surface area contributed by atoms with Crippen LogP contribution in [0.1, 0.15) is 296 Å². The average molecular weight is 1210 g/mol. The number of rotatable bonds is 59. The van der Waals surface area contributed by atoms with Crippen molar-refractivity contribution < 1.29 is 69.0 Å². The standard InChI is InChI=1S/C71H130O14/c1-3-5-7-9-11-13-15-17-19-21-23-25-27-29-31-33-35-37-39-41-43-45-47-49-51-53-55-80-57-60(58-81-70-69(79)67(77)65(75)62(85-70)59-82-71-68(78)66(76)64(74)61(56-72)84-71)83-63(73)54-52-50-48-46-44-42-40-38-36-34-32-30-28-26-24-22-20-18-16-14-12-10-8-6-4-2/h15,17,21-24,27,29,60-62,64-72,74-79H,3-14,16,18-20,25-26,28,30-59H2,1-2H3/b17-15-,23-21-,24-22-,29-27-. The zero-order valence-corrected chi connectivity index (χ0v) is 54.1. The molecular formula is C71H130O14. The first-order valence-electron chi connectivity index (χ1n) is 35.2. The molecule has 0 spiro atoms. The number of hydrogen-bond acceptors (Lipinski definition) is 14. The first-order chi connectivity index (χ1) is 41.6. The van der Waals surface area contributed by atoms with E-state index >= 15 is 0 Å². The van der Waals surface area contributed by atoms with Gasteiger partial charge in [-0.1, -0.05) is 262 Å². The lowest BCUT2D eigenvalue weighted by Gasteiger charge is -2.42. The molecule has 2 aliphatic rings. The molecule has 2 rings (SSSR count). The van der Waals surface area contributed by atoms with Gasteiger partial charge in [-0.25, -0.2) is 0 Å². The molecule has 2 fully saturated rings. The number of unbranched alkanes of at least 4 members (excludes halogenated alkanes) is 37. The van der Waals surface area contributed by atoms with Crippen molar-refractivity contribution in [1.82, 2.24) is 0 Å². The number of allylic oxidation sites excluding steroid dienone is 8. The highest BCUT2D eigenvalue weighted by atomic mass is 16.7. The third-order valence-corrected chi connectivity index (χ3v) is 16.8. The van der Waals surface area contributed by atoms with Crippen LogP contribution in [0.5, 0.6) is 0 Å². The molecule has 7 N–H and O–H groups in total. The molecule has 11 unspecified atom stereocenters. The van der Waals surface area contributed by atoms with E-state index in [-0.39, 0.29) is 25.6 Å². The third-order valence-electron chi connectivity index (χ3n) is 16.8. The van der Waals surface area contributed by atoms with Crippen LogP contribution in [-0.4, -0.2) is 142 Å². The van der Waals surface area contributed by atoms with Crippen LogP contribution in [-0.2, 0) is 33.2 Å². The summed E-state index contributed by atoms with van der Waals surface area (Å²) in [6.07, 6.45) is 56.1. The summed E-state index contributed by atoms with van der Waals surface area (Å²) >= 11 is 0. The van der Waals surface area contributed by atoms with Gasteiger partial charge in [0.25, 0.3) is 0 Å². The number of hydrogen-bond donors (Lipinski definition) is 7. The zero-order chi connectivity index (χ0) is 61.5. The van der Waals surface area contributed by atoms with E-state index in [0.29, 0.717) is 13.0 Å². The largest absolute Gasteiger partial charge is 0.457 e. The Balaban J connectivity index is 1.64. The predicted molar refractivity (Wildman–Crippen MR) is 344 cm³/mol. The lowest BCUT2D eigenvalue weighted by molar-refractivity contribution is -0.332.